The van der Waals surface area contributed by atoms with Gasteiger partial charge in [-0.3, -0.25) is 14.4 Å². The molecule has 0 radical (unpaired) electrons. The molecular formula is C23H20N4O3S. The number of carbonyl (C=O) groups excluding carboxylic acids is 2. The van der Waals surface area contributed by atoms with E-state index < -0.39 is 11.9 Å². The van der Waals surface area contributed by atoms with Gasteiger partial charge in [-0.1, -0.05) is 54.6 Å². The molecule has 0 aliphatic heterocycles. The van der Waals surface area contributed by atoms with Crippen molar-refractivity contribution in [3.8, 4) is 10.4 Å². The molecule has 4 aromatic rings. The quantitative estimate of drug-likeness (QED) is 0.458. The molecule has 7 nitrogen and oxygen atoms in total. The van der Waals surface area contributed by atoms with Gasteiger partial charge in [0.25, 0.3) is 5.56 Å². The normalized spacial score (nSPS) is 11.9. The molecule has 8 heteroatoms. The fourth-order valence-electron chi connectivity index (χ4n) is 3.32. The van der Waals surface area contributed by atoms with Crippen LogP contribution in [0, 0.1) is 0 Å². The van der Waals surface area contributed by atoms with Crippen molar-refractivity contribution in [2.45, 2.75) is 26.3 Å². The zero-order valence-corrected chi connectivity index (χ0v) is 17.8. The summed E-state index contributed by atoms with van der Waals surface area (Å²) in [7, 11) is 0. The van der Waals surface area contributed by atoms with Gasteiger partial charge in [-0.2, -0.15) is 4.68 Å². The smallest absolute Gasteiger partial charge is 0.279 e. The Morgan fingerprint density at radius 1 is 1.10 bits per heavy atom. The van der Waals surface area contributed by atoms with E-state index in [1.54, 1.807) is 37.3 Å². The summed E-state index contributed by atoms with van der Waals surface area (Å²) in [6.07, 6.45) is 0.355. The first kappa shape index (κ1) is 20.6. The maximum atomic E-state index is 13.1. The van der Waals surface area contributed by atoms with E-state index in [0.29, 0.717) is 27.9 Å². The molecule has 1 amide bonds. The number of benzene rings is 2. The van der Waals surface area contributed by atoms with E-state index >= 15 is 0 Å². The van der Waals surface area contributed by atoms with Gasteiger partial charge < -0.3 is 5.32 Å². The van der Waals surface area contributed by atoms with Crippen LogP contribution in [0.4, 0.5) is 5.69 Å². The van der Waals surface area contributed by atoms with Gasteiger partial charge in [0.05, 0.1) is 5.39 Å². The number of fused-ring (bicyclic) bond motifs is 1. The summed E-state index contributed by atoms with van der Waals surface area (Å²) in [5.41, 5.74) is 1.62. The number of nitrogens with zero attached hydrogens (tertiary/aromatic N) is 3. The first-order valence-corrected chi connectivity index (χ1v) is 10.7. The van der Waals surface area contributed by atoms with Crippen molar-refractivity contribution in [2.75, 3.05) is 5.32 Å². The highest BCUT2D eigenvalue weighted by molar-refractivity contribution is 7.21. The van der Waals surface area contributed by atoms with Crippen LogP contribution >= 0.6 is 11.3 Å². The minimum atomic E-state index is -0.828. The molecule has 2 heterocycles. The van der Waals surface area contributed by atoms with Gasteiger partial charge in [0.2, 0.25) is 5.91 Å². The van der Waals surface area contributed by atoms with E-state index in [2.05, 4.69) is 15.6 Å². The lowest BCUT2D eigenvalue weighted by Crippen LogP contribution is -2.35. The van der Waals surface area contributed by atoms with Crippen LogP contribution in [0.3, 0.4) is 0 Å². The Bertz CT molecular complexity index is 1330. The predicted molar refractivity (Wildman–Crippen MR) is 122 cm³/mol. The maximum absolute atomic E-state index is 13.1. The Kier molecular flexibility index (Phi) is 5.73. The van der Waals surface area contributed by atoms with Gasteiger partial charge in [0.15, 0.2) is 10.6 Å². The summed E-state index contributed by atoms with van der Waals surface area (Å²) in [4.78, 5) is 39.1. The number of Topliss-reactive ketones (excluding diaryl/α,β-unsaturated/α-hetero) is 1. The van der Waals surface area contributed by atoms with Crippen LogP contribution in [-0.2, 0) is 4.79 Å². The summed E-state index contributed by atoms with van der Waals surface area (Å²) in [6, 6.07) is 17.4. The fourth-order valence-corrected chi connectivity index (χ4v) is 4.29. The van der Waals surface area contributed by atoms with Crippen molar-refractivity contribution in [1.29, 1.82) is 0 Å². The highest BCUT2D eigenvalue weighted by atomic mass is 32.1. The van der Waals surface area contributed by atoms with E-state index in [0.717, 1.165) is 15.1 Å². The number of thiophene rings is 1. The van der Waals surface area contributed by atoms with E-state index in [-0.39, 0.29) is 11.3 Å². The fraction of sp³-hybridized carbons (Fsp3) is 0.174. The molecule has 0 aliphatic rings. The molecule has 0 bridgehead atoms. The van der Waals surface area contributed by atoms with Gasteiger partial charge in [0, 0.05) is 16.1 Å². The first-order valence-electron chi connectivity index (χ1n) is 9.84. The number of amides is 1. The zero-order valence-electron chi connectivity index (χ0n) is 17.0. The van der Waals surface area contributed by atoms with Crippen LogP contribution in [-0.4, -0.2) is 26.7 Å². The van der Waals surface area contributed by atoms with Crippen LogP contribution < -0.4 is 10.9 Å². The third-order valence-electron chi connectivity index (χ3n) is 4.96. The highest BCUT2D eigenvalue weighted by Crippen LogP contribution is 2.30. The van der Waals surface area contributed by atoms with Crippen LogP contribution in [0.15, 0.2) is 65.5 Å². The molecule has 4 rings (SSSR count). The van der Waals surface area contributed by atoms with Crippen molar-refractivity contribution in [2.24, 2.45) is 0 Å². The van der Waals surface area contributed by atoms with Gasteiger partial charge in [-0.25, -0.2) is 0 Å². The Morgan fingerprint density at radius 3 is 2.58 bits per heavy atom. The highest BCUT2D eigenvalue weighted by Gasteiger charge is 2.23. The van der Waals surface area contributed by atoms with Crippen LogP contribution in [0.2, 0.25) is 0 Å². The second-order valence-electron chi connectivity index (χ2n) is 7.08. The lowest BCUT2D eigenvalue weighted by molar-refractivity contribution is -0.119. The first-order chi connectivity index (χ1) is 15.0. The van der Waals surface area contributed by atoms with Gasteiger partial charge in [-0.15, -0.1) is 16.4 Å². The van der Waals surface area contributed by atoms with Crippen LogP contribution in [0.25, 0.3) is 20.7 Å². The maximum Gasteiger partial charge on any atom is 0.279 e. The molecule has 0 spiro atoms. The molecule has 31 heavy (non-hydrogen) atoms. The predicted octanol–water partition coefficient (Wildman–Crippen LogP) is 4.31. The van der Waals surface area contributed by atoms with Crippen molar-refractivity contribution in [1.82, 2.24) is 15.0 Å². The monoisotopic (exact) mass is 432 g/mol. The molecule has 0 saturated carbocycles. The van der Waals surface area contributed by atoms with Crippen molar-refractivity contribution in [3.05, 3.63) is 76.6 Å². The Labute approximate surface area is 182 Å². The topological polar surface area (TPSA) is 93.9 Å². The number of aromatic nitrogens is 3. The van der Waals surface area contributed by atoms with Crippen molar-refractivity contribution in [3.63, 3.8) is 0 Å². The van der Waals surface area contributed by atoms with Gasteiger partial charge in [0.1, 0.15) is 6.04 Å². The van der Waals surface area contributed by atoms with Gasteiger partial charge in [-0.05, 0) is 37.1 Å². The lowest BCUT2D eigenvalue weighted by atomic mass is 10.1. The third kappa shape index (κ3) is 4.15. The number of hydrogen-bond acceptors (Lipinski definition) is 6. The van der Waals surface area contributed by atoms with E-state index in [9.17, 15) is 14.4 Å². The van der Waals surface area contributed by atoms with E-state index in [1.807, 2.05) is 30.3 Å². The second-order valence-corrected chi connectivity index (χ2v) is 8.12. The molecule has 1 N–H and O–H groups in total. The lowest BCUT2D eigenvalue weighted by Gasteiger charge is -2.16. The Balaban J connectivity index is 1.66. The molecule has 1 unspecified atom stereocenters. The molecule has 0 fully saturated rings. The number of ketones is 1. The third-order valence-corrected chi connectivity index (χ3v) is 6.03. The molecule has 0 saturated heterocycles. The molecule has 156 valence electrons. The zero-order chi connectivity index (χ0) is 22.0. The minimum absolute atomic E-state index is 0.0950. The van der Waals surface area contributed by atoms with E-state index in [1.165, 1.54) is 18.3 Å². The summed E-state index contributed by atoms with van der Waals surface area (Å²) in [5, 5.41) is 11.4. The van der Waals surface area contributed by atoms with Crippen LogP contribution in [0.5, 0.6) is 0 Å². The number of hydrogen-bond donors (Lipinski definition) is 1. The van der Waals surface area contributed by atoms with E-state index in [4.69, 9.17) is 0 Å². The Morgan fingerprint density at radius 2 is 1.87 bits per heavy atom. The molecule has 0 aliphatic carbocycles. The number of anilines is 1. The summed E-state index contributed by atoms with van der Waals surface area (Å²) >= 11 is 1.39. The standard InChI is InChI=1S/C23H20N4O3S/c1-3-19(21(29)24-17-11-7-10-16(12-17)14(2)28)27-23(30)18-13-20(31-22(18)25-26-27)15-8-5-4-6-9-15/h4-13,19H,3H2,1-2H3,(H,24,29). The van der Waals surface area contributed by atoms with Crippen molar-refractivity contribution >= 4 is 38.9 Å². The largest absolute Gasteiger partial charge is 0.324 e. The average molecular weight is 433 g/mol. The minimum Gasteiger partial charge on any atom is -0.324 e. The molecule has 2 aromatic heterocycles. The average Bonchev–Trinajstić information content (AvgIpc) is 3.22. The Hall–Kier alpha value is -3.65. The van der Waals surface area contributed by atoms with Crippen molar-refractivity contribution < 1.29 is 9.59 Å². The molecular weight excluding hydrogens is 412 g/mol. The number of carbonyl (C=O) groups is 2. The summed E-state index contributed by atoms with van der Waals surface area (Å²) in [5.74, 6) is -0.486. The number of nitrogens with one attached hydrogen (secondary N) is 1. The second kappa shape index (κ2) is 8.61. The summed E-state index contributed by atoms with van der Waals surface area (Å²) < 4.78 is 1.13. The van der Waals surface area contributed by atoms with Crippen LogP contribution in [0.1, 0.15) is 36.7 Å². The SMILES string of the molecule is CCC(C(=O)Nc1cccc(C(C)=O)c1)n1nnc2sc(-c3ccccc3)cc2c1=O. The summed E-state index contributed by atoms with van der Waals surface area (Å²) in [6.45, 7) is 3.27. The molecule has 1 atom stereocenters. The molecule has 2 aromatic carbocycles. The van der Waals surface area contributed by atoms with Gasteiger partial charge >= 0.3 is 0 Å². The number of rotatable bonds is 6.